The molecule has 0 unspecified atom stereocenters. The Balaban J connectivity index is 1.58. The van der Waals surface area contributed by atoms with E-state index < -0.39 is 23.6 Å². The summed E-state index contributed by atoms with van der Waals surface area (Å²) in [5.41, 5.74) is -0.626. The van der Waals surface area contributed by atoms with Crippen molar-refractivity contribution in [3.8, 4) is 0 Å². The molecule has 2 aliphatic heterocycles. The van der Waals surface area contributed by atoms with Gasteiger partial charge in [-0.3, -0.25) is 9.59 Å². The second-order valence-electron chi connectivity index (χ2n) is 6.72. The summed E-state index contributed by atoms with van der Waals surface area (Å²) in [4.78, 5) is 28.3. The molecule has 5 nitrogen and oxygen atoms in total. The Kier molecular flexibility index (Phi) is 5.50. The third-order valence-electron chi connectivity index (χ3n) is 4.93. The molecule has 0 bridgehead atoms. The molecule has 0 aromatic heterocycles. The third kappa shape index (κ3) is 4.17. The SMILES string of the molecule is O=C(NCCN1CCCC1)[C@@H]1CCN(c2cccc(C(F)(F)F)c2)C1=O. The van der Waals surface area contributed by atoms with E-state index in [1.165, 1.54) is 29.9 Å². The largest absolute Gasteiger partial charge is 0.416 e. The molecule has 2 aliphatic rings. The van der Waals surface area contributed by atoms with E-state index in [-0.39, 0.29) is 18.1 Å². The van der Waals surface area contributed by atoms with Crippen molar-refractivity contribution in [3.63, 3.8) is 0 Å². The summed E-state index contributed by atoms with van der Waals surface area (Å²) < 4.78 is 38.6. The number of hydrogen-bond donors (Lipinski definition) is 1. The summed E-state index contributed by atoms with van der Waals surface area (Å²) in [6.45, 7) is 3.53. The summed E-state index contributed by atoms with van der Waals surface area (Å²) in [7, 11) is 0. The number of nitrogens with zero attached hydrogens (tertiary/aromatic N) is 2. The zero-order valence-electron chi connectivity index (χ0n) is 14.4. The normalized spacial score (nSPS) is 21.4. The highest BCUT2D eigenvalue weighted by molar-refractivity contribution is 6.09. The highest BCUT2D eigenvalue weighted by Crippen LogP contribution is 2.33. The van der Waals surface area contributed by atoms with Crippen molar-refractivity contribution in [2.45, 2.75) is 25.4 Å². The van der Waals surface area contributed by atoms with Crippen LogP contribution in [0.2, 0.25) is 0 Å². The van der Waals surface area contributed by atoms with Gasteiger partial charge in [-0.15, -0.1) is 0 Å². The van der Waals surface area contributed by atoms with Crippen molar-refractivity contribution < 1.29 is 22.8 Å². The molecule has 0 radical (unpaired) electrons. The van der Waals surface area contributed by atoms with E-state index in [1.807, 2.05) is 0 Å². The van der Waals surface area contributed by atoms with Gasteiger partial charge in [-0.1, -0.05) is 6.07 Å². The number of likely N-dealkylation sites (tertiary alicyclic amines) is 1. The second-order valence-corrected chi connectivity index (χ2v) is 6.72. The third-order valence-corrected chi connectivity index (χ3v) is 4.93. The molecule has 2 heterocycles. The van der Waals surface area contributed by atoms with Gasteiger partial charge in [0.25, 0.3) is 0 Å². The van der Waals surface area contributed by atoms with Gasteiger partial charge in [-0.2, -0.15) is 13.2 Å². The minimum absolute atomic E-state index is 0.178. The lowest BCUT2D eigenvalue weighted by atomic mass is 10.1. The molecule has 1 aromatic rings. The van der Waals surface area contributed by atoms with Crippen LogP contribution in [0.5, 0.6) is 0 Å². The van der Waals surface area contributed by atoms with Crippen LogP contribution in [-0.4, -0.2) is 49.4 Å². The fourth-order valence-electron chi connectivity index (χ4n) is 3.50. The number of carbonyl (C=O) groups excluding carboxylic acids is 2. The molecule has 3 rings (SSSR count). The number of rotatable bonds is 5. The highest BCUT2D eigenvalue weighted by Gasteiger charge is 2.38. The first-order chi connectivity index (χ1) is 12.4. The molecule has 1 aromatic carbocycles. The Morgan fingerprint density at radius 2 is 1.92 bits per heavy atom. The summed E-state index contributed by atoms with van der Waals surface area (Å²) in [5.74, 6) is -1.62. The number of alkyl halides is 3. The van der Waals surface area contributed by atoms with Gasteiger partial charge < -0.3 is 15.1 Å². The van der Waals surface area contributed by atoms with Crippen LogP contribution >= 0.6 is 0 Å². The van der Waals surface area contributed by atoms with Gasteiger partial charge in [0, 0.05) is 25.3 Å². The van der Waals surface area contributed by atoms with Crippen LogP contribution in [0.3, 0.4) is 0 Å². The van der Waals surface area contributed by atoms with Crippen LogP contribution in [0.15, 0.2) is 24.3 Å². The van der Waals surface area contributed by atoms with Gasteiger partial charge in [-0.25, -0.2) is 0 Å². The Morgan fingerprint density at radius 1 is 1.19 bits per heavy atom. The van der Waals surface area contributed by atoms with Crippen LogP contribution in [-0.2, 0) is 15.8 Å². The smallest absolute Gasteiger partial charge is 0.354 e. The molecular formula is C18H22F3N3O2. The average molecular weight is 369 g/mol. The highest BCUT2D eigenvalue weighted by atomic mass is 19.4. The Morgan fingerprint density at radius 3 is 2.62 bits per heavy atom. The predicted molar refractivity (Wildman–Crippen MR) is 90.6 cm³/mol. The lowest BCUT2D eigenvalue weighted by molar-refractivity contribution is -0.138. The lowest BCUT2D eigenvalue weighted by Crippen LogP contribution is -2.40. The number of hydrogen-bond acceptors (Lipinski definition) is 3. The first-order valence-electron chi connectivity index (χ1n) is 8.85. The van der Waals surface area contributed by atoms with Gasteiger partial charge in [0.1, 0.15) is 5.92 Å². The maximum Gasteiger partial charge on any atom is 0.416 e. The van der Waals surface area contributed by atoms with Crippen molar-refractivity contribution in [2.24, 2.45) is 5.92 Å². The van der Waals surface area contributed by atoms with Crippen molar-refractivity contribution in [1.29, 1.82) is 0 Å². The van der Waals surface area contributed by atoms with E-state index in [4.69, 9.17) is 0 Å². The minimum Gasteiger partial charge on any atom is -0.354 e. The quantitative estimate of drug-likeness (QED) is 0.811. The molecule has 8 heteroatoms. The molecule has 0 saturated carbocycles. The Bertz CT molecular complexity index is 672. The Hall–Kier alpha value is -2.09. The number of amides is 2. The molecule has 0 aliphatic carbocycles. The van der Waals surface area contributed by atoms with Gasteiger partial charge in [-0.05, 0) is 50.6 Å². The molecule has 2 saturated heterocycles. The summed E-state index contributed by atoms with van der Waals surface area (Å²) >= 11 is 0. The first kappa shape index (κ1) is 18.7. The van der Waals surface area contributed by atoms with Gasteiger partial charge in [0.15, 0.2) is 0 Å². The Labute approximate surface area is 150 Å². The van der Waals surface area contributed by atoms with E-state index >= 15 is 0 Å². The molecule has 2 fully saturated rings. The minimum atomic E-state index is -4.47. The van der Waals surface area contributed by atoms with Gasteiger partial charge >= 0.3 is 6.18 Å². The maximum atomic E-state index is 12.9. The van der Waals surface area contributed by atoms with Crippen LogP contribution in [0.1, 0.15) is 24.8 Å². The maximum absolute atomic E-state index is 12.9. The predicted octanol–water partition coefficient (Wildman–Crippen LogP) is 2.27. The van der Waals surface area contributed by atoms with Gasteiger partial charge in [0.2, 0.25) is 11.8 Å². The number of halogens is 3. The van der Waals surface area contributed by atoms with E-state index in [1.54, 1.807) is 0 Å². The number of anilines is 1. The second kappa shape index (κ2) is 7.65. The zero-order chi connectivity index (χ0) is 18.7. The molecule has 26 heavy (non-hydrogen) atoms. The van der Waals surface area contributed by atoms with Crippen LogP contribution in [0, 0.1) is 5.92 Å². The monoisotopic (exact) mass is 369 g/mol. The number of carbonyl (C=O) groups is 2. The van der Waals surface area contributed by atoms with Crippen molar-refractivity contribution in [1.82, 2.24) is 10.2 Å². The van der Waals surface area contributed by atoms with Crippen LogP contribution in [0.4, 0.5) is 18.9 Å². The van der Waals surface area contributed by atoms with Gasteiger partial charge in [0.05, 0.1) is 5.56 Å². The first-order valence-corrected chi connectivity index (χ1v) is 8.85. The number of benzene rings is 1. The topological polar surface area (TPSA) is 52.7 Å². The van der Waals surface area contributed by atoms with Crippen LogP contribution in [0.25, 0.3) is 0 Å². The average Bonchev–Trinajstić information content (AvgIpc) is 3.24. The standard InChI is InChI=1S/C18H22F3N3O2/c19-18(20,21)13-4-3-5-14(12-13)24-10-6-15(17(24)26)16(25)22-7-11-23-8-1-2-9-23/h3-5,12,15H,1-2,6-11H2,(H,22,25)/t15-/m0/s1. The van der Waals surface area contributed by atoms with E-state index in [2.05, 4.69) is 10.2 Å². The van der Waals surface area contributed by atoms with E-state index in [0.717, 1.165) is 31.8 Å². The molecule has 0 spiro atoms. The van der Waals surface area contributed by atoms with E-state index in [0.29, 0.717) is 13.0 Å². The molecule has 142 valence electrons. The zero-order valence-corrected chi connectivity index (χ0v) is 14.4. The lowest BCUT2D eigenvalue weighted by Gasteiger charge is -2.19. The van der Waals surface area contributed by atoms with Crippen molar-refractivity contribution >= 4 is 17.5 Å². The molecule has 1 atom stereocenters. The van der Waals surface area contributed by atoms with Crippen LogP contribution < -0.4 is 10.2 Å². The summed E-state index contributed by atoms with van der Waals surface area (Å²) in [6, 6.07) is 4.65. The summed E-state index contributed by atoms with van der Waals surface area (Å²) in [6.07, 6.45) is -1.82. The molecular weight excluding hydrogens is 347 g/mol. The number of nitrogens with one attached hydrogen (secondary N) is 1. The van der Waals surface area contributed by atoms with Crippen molar-refractivity contribution in [2.75, 3.05) is 37.6 Å². The molecule has 2 amide bonds. The summed E-state index contributed by atoms with van der Waals surface area (Å²) in [5, 5.41) is 2.78. The molecule has 1 N–H and O–H groups in total. The fraction of sp³-hybridized carbons (Fsp3) is 0.556. The van der Waals surface area contributed by atoms with E-state index in [9.17, 15) is 22.8 Å². The fourth-order valence-corrected chi connectivity index (χ4v) is 3.50. The van der Waals surface area contributed by atoms with Crippen molar-refractivity contribution in [3.05, 3.63) is 29.8 Å².